The first kappa shape index (κ1) is 9.45. The Kier molecular flexibility index (Phi) is 2.24. The molecular formula is C9H10N4O2. The molecule has 15 heavy (non-hydrogen) atoms. The van der Waals surface area contributed by atoms with Crippen LogP contribution in [-0.4, -0.2) is 30.6 Å². The van der Waals surface area contributed by atoms with E-state index in [-0.39, 0.29) is 5.69 Å². The lowest BCUT2D eigenvalue weighted by atomic mass is 10.4. The molecule has 2 aromatic rings. The lowest BCUT2D eigenvalue weighted by molar-refractivity contribution is 0.0685. The Balaban J connectivity index is 2.35. The summed E-state index contributed by atoms with van der Waals surface area (Å²) in [5.41, 5.74) is 0.170. The minimum Gasteiger partial charge on any atom is -0.477 e. The lowest BCUT2D eigenvalue weighted by Crippen LogP contribution is -2.11. The minimum atomic E-state index is -0.984. The zero-order chi connectivity index (χ0) is 10.8. The van der Waals surface area contributed by atoms with Crippen LogP contribution >= 0.6 is 0 Å². The van der Waals surface area contributed by atoms with E-state index in [2.05, 4.69) is 15.0 Å². The van der Waals surface area contributed by atoms with E-state index in [1.165, 1.54) is 6.20 Å². The van der Waals surface area contributed by atoms with Gasteiger partial charge in [-0.2, -0.15) is 0 Å². The van der Waals surface area contributed by atoms with E-state index in [9.17, 15) is 4.79 Å². The van der Waals surface area contributed by atoms with Crippen molar-refractivity contribution >= 4 is 5.97 Å². The maximum Gasteiger partial charge on any atom is 0.354 e. The standard InChI is InChI=1S/C9H10N4O2/c1-6-12-4-7(9(14)15)13(6)5-8-10-2-3-11-8/h2-4H,5H2,1H3,(H,10,11)(H,14,15). The van der Waals surface area contributed by atoms with Gasteiger partial charge in [0.2, 0.25) is 0 Å². The Morgan fingerprint density at radius 2 is 2.40 bits per heavy atom. The molecular weight excluding hydrogens is 196 g/mol. The lowest BCUT2D eigenvalue weighted by Gasteiger charge is -2.04. The number of aryl methyl sites for hydroxylation is 1. The molecule has 0 saturated carbocycles. The third-order valence-corrected chi connectivity index (χ3v) is 2.14. The maximum absolute atomic E-state index is 10.9. The molecule has 6 heteroatoms. The summed E-state index contributed by atoms with van der Waals surface area (Å²) in [6.45, 7) is 2.15. The van der Waals surface area contributed by atoms with Gasteiger partial charge in [0, 0.05) is 12.4 Å². The number of hydrogen-bond donors (Lipinski definition) is 2. The first-order chi connectivity index (χ1) is 7.18. The van der Waals surface area contributed by atoms with Crippen molar-refractivity contribution in [2.24, 2.45) is 0 Å². The number of rotatable bonds is 3. The van der Waals surface area contributed by atoms with E-state index in [1.807, 2.05) is 0 Å². The fraction of sp³-hybridized carbons (Fsp3) is 0.222. The van der Waals surface area contributed by atoms with Crippen molar-refractivity contribution in [3.63, 3.8) is 0 Å². The second kappa shape index (κ2) is 3.56. The molecule has 2 aromatic heterocycles. The molecule has 6 nitrogen and oxygen atoms in total. The van der Waals surface area contributed by atoms with E-state index in [1.54, 1.807) is 23.9 Å². The molecule has 0 aliphatic carbocycles. The van der Waals surface area contributed by atoms with Crippen molar-refractivity contribution in [1.82, 2.24) is 19.5 Å². The molecule has 0 radical (unpaired) electrons. The molecule has 2 heterocycles. The van der Waals surface area contributed by atoms with Gasteiger partial charge < -0.3 is 14.7 Å². The molecule has 78 valence electrons. The molecule has 0 spiro atoms. The summed E-state index contributed by atoms with van der Waals surface area (Å²) < 4.78 is 1.60. The largest absolute Gasteiger partial charge is 0.477 e. The molecule has 0 fully saturated rings. The predicted octanol–water partition coefficient (Wildman–Crippen LogP) is 0.661. The minimum absolute atomic E-state index is 0.170. The summed E-state index contributed by atoms with van der Waals surface area (Å²) in [4.78, 5) is 21.8. The predicted molar refractivity (Wildman–Crippen MR) is 51.6 cm³/mol. The van der Waals surface area contributed by atoms with Crippen molar-refractivity contribution in [1.29, 1.82) is 0 Å². The van der Waals surface area contributed by atoms with Crippen molar-refractivity contribution in [2.45, 2.75) is 13.5 Å². The van der Waals surface area contributed by atoms with Crippen LogP contribution in [0.4, 0.5) is 0 Å². The van der Waals surface area contributed by atoms with Crippen LogP contribution in [0.25, 0.3) is 0 Å². The number of imidazole rings is 2. The van der Waals surface area contributed by atoms with E-state index in [4.69, 9.17) is 5.11 Å². The summed E-state index contributed by atoms with van der Waals surface area (Å²) in [6.07, 6.45) is 4.67. The summed E-state index contributed by atoms with van der Waals surface area (Å²) in [6, 6.07) is 0. The quantitative estimate of drug-likeness (QED) is 0.772. The van der Waals surface area contributed by atoms with Crippen LogP contribution in [0.5, 0.6) is 0 Å². The molecule has 2 N–H and O–H groups in total. The zero-order valence-electron chi connectivity index (χ0n) is 8.14. The van der Waals surface area contributed by atoms with Gasteiger partial charge >= 0.3 is 5.97 Å². The second-order valence-corrected chi connectivity index (χ2v) is 3.12. The summed E-state index contributed by atoms with van der Waals surface area (Å²) >= 11 is 0. The molecule has 0 amide bonds. The molecule has 0 aliphatic heterocycles. The number of aromatic amines is 1. The number of carbonyl (C=O) groups is 1. The Bertz CT molecular complexity index is 472. The monoisotopic (exact) mass is 206 g/mol. The fourth-order valence-corrected chi connectivity index (χ4v) is 1.37. The highest BCUT2D eigenvalue weighted by molar-refractivity contribution is 5.85. The topological polar surface area (TPSA) is 83.8 Å². The third-order valence-electron chi connectivity index (χ3n) is 2.14. The molecule has 0 saturated heterocycles. The van der Waals surface area contributed by atoms with Crippen molar-refractivity contribution in [3.05, 3.63) is 35.9 Å². The summed E-state index contributed by atoms with van der Waals surface area (Å²) in [5, 5.41) is 8.92. The third kappa shape index (κ3) is 1.74. The Hall–Kier alpha value is -2.11. The van der Waals surface area contributed by atoms with E-state index < -0.39 is 5.97 Å². The van der Waals surface area contributed by atoms with Gasteiger partial charge in [0.05, 0.1) is 12.7 Å². The molecule has 0 atom stereocenters. The van der Waals surface area contributed by atoms with Gasteiger partial charge in [-0.15, -0.1) is 0 Å². The molecule has 2 rings (SSSR count). The van der Waals surface area contributed by atoms with Crippen LogP contribution in [0.3, 0.4) is 0 Å². The van der Waals surface area contributed by atoms with Crippen LogP contribution in [0.15, 0.2) is 18.6 Å². The highest BCUT2D eigenvalue weighted by atomic mass is 16.4. The normalized spacial score (nSPS) is 10.5. The van der Waals surface area contributed by atoms with Gasteiger partial charge in [0.1, 0.15) is 17.3 Å². The van der Waals surface area contributed by atoms with Gasteiger partial charge in [-0.25, -0.2) is 14.8 Å². The van der Waals surface area contributed by atoms with Crippen LogP contribution in [0.1, 0.15) is 22.1 Å². The van der Waals surface area contributed by atoms with Crippen molar-refractivity contribution in [2.75, 3.05) is 0 Å². The summed E-state index contributed by atoms with van der Waals surface area (Å²) in [7, 11) is 0. The number of carboxylic acids is 1. The second-order valence-electron chi connectivity index (χ2n) is 3.12. The van der Waals surface area contributed by atoms with E-state index in [0.29, 0.717) is 18.2 Å². The van der Waals surface area contributed by atoms with Gasteiger partial charge in [0.15, 0.2) is 0 Å². The highest BCUT2D eigenvalue weighted by Gasteiger charge is 2.13. The SMILES string of the molecule is Cc1ncc(C(=O)O)n1Cc1ncc[nH]1. The maximum atomic E-state index is 10.9. The fourth-order valence-electron chi connectivity index (χ4n) is 1.37. The molecule has 0 bridgehead atoms. The van der Waals surface area contributed by atoms with Gasteiger partial charge in [0.25, 0.3) is 0 Å². The number of hydrogen-bond acceptors (Lipinski definition) is 3. The molecule has 0 aliphatic rings. The number of carboxylic acid groups (broad SMARTS) is 1. The number of nitrogens with zero attached hydrogens (tertiary/aromatic N) is 3. The summed E-state index contributed by atoms with van der Waals surface area (Å²) in [5.74, 6) is 0.379. The van der Waals surface area contributed by atoms with E-state index >= 15 is 0 Å². The van der Waals surface area contributed by atoms with Crippen molar-refractivity contribution < 1.29 is 9.90 Å². The van der Waals surface area contributed by atoms with Gasteiger partial charge in [-0.3, -0.25) is 0 Å². The number of aromatic carboxylic acids is 1. The Labute approximate surface area is 85.6 Å². The van der Waals surface area contributed by atoms with Crippen LogP contribution in [0.2, 0.25) is 0 Å². The average Bonchev–Trinajstić information content (AvgIpc) is 2.78. The Morgan fingerprint density at radius 3 is 3.00 bits per heavy atom. The van der Waals surface area contributed by atoms with Crippen LogP contribution in [-0.2, 0) is 6.54 Å². The molecule has 0 aromatic carbocycles. The highest BCUT2D eigenvalue weighted by Crippen LogP contribution is 2.06. The molecule has 0 unspecified atom stereocenters. The van der Waals surface area contributed by atoms with Crippen LogP contribution < -0.4 is 0 Å². The number of H-pyrrole nitrogens is 1. The smallest absolute Gasteiger partial charge is 0.354 e. The number of aromatic nitrogens is 4. The average molecular weight is 206 g/mol. The van der Waals surface area contributed by atoms with Gasteiger partial charge in [-0.1, -0.05) is 0 Å². The first-order valence-corrected chi connectivity index (χ1v) is 4.42. The first-order valence-electron chi connectivity index (χ1n) is 4.42. The van der Waals surface area contributed by atoms with E-state index in [0.717, 1.165) is 0 Å². The number of nitrogens with one attached hydrogen (secondary N) is 1. The van der Waals surface area contributed by atoms with Crippen LogP contribution in [0, 0.1) is 6.92 Å². The zero-order valence-corrected chi connectivity index (χ0v) is 8.14. The Morgan fingerprint density at radius 1 is 1.60 bits per heavy atom. The van der Waals surface area contributed by atoms with Crippen molar-refractivity contribution in [3.8, 4) is 0 Å². The van der Waals surface area contributed by atoms with Gasteiger partial charge in [-0.05, 0) is 6.92 Å².